The van der Waals surface area contributed by atoms with Crippen LogP contribution in [0, 0.1) is 6.92 Å². The summed E-state index contributed by atoms with van der Waals surface area (Å²) in [5.41, 5.74) is 1.49. The van der Waals surface area contributed by atoms with Gasteiger partial charge in [0.1, 0.15) is 6.04 Å². The average molecular weight is 346 g/mol. The highest BCUT2D eigenvalue weighted by atomic mass is 79.9. The highest BCUT2D eigenvalue weighted by Gasteiger charge is 2.21. The highest BCUT2D eigenvalue weighted by Crippen LogP contribution is 2.17. The lowest BCUT2D eigenvalue weighted by molar-refractivity contribution is -0.142. The summed E-state index contributed by atoms with van der Waals surface area (Å²) in [5, 5.41) is 2.68. The smallest absolute Gasteiger partial charge is 0.329 e. The molecule has 0 aliphatic carbocycles. The molecular formula is C13H16BrNO3S. The van der Waals surface area contributed by atoms with Crippen LogP contribution >= 0.6 is 27.7 Å². The number of ether oxygens (including phenoxy) is 1. The number of aryl methyl sites for hydroxylation is 1. The zero-order chi connectivity index (χ0) is 14.4. The Morgan fingerprint density at radius 3 is 2.68 bits per heavy atom. The van der Waals surface area contributed by atoms with E-state index < -0.39 is 12.0 Å². The number of hydrogen-bond donors (Lipinski definition) is 1. The first-order chi connectivity index (χ1) is 8.99. The van der Waals surface area contributed by atoms with Crippen LogP contribution in [-0.4, -0.2) is 37.0 Å². The van der Waals surface area contributed by atoms with Crippen molar-refractivity contribution in [3.05, 3.63) is 33.8 Å². The number of methoxy groups -OCH3 is 1. The Morgan fingerprint density at radius 1 is 1.47 bits per heavy atom. The number of rotatable bonds is 5. The molecule has 1 atom stereocenters. The molecule has 0 saturated heterocycles. The number of halogens is 1. The van der Waals surface area contributed by atoms with E-state index in [1.54, 1.807) is 12.1 Å². The standard InChI is InChI=1S/C13H16BrNO3S/c1-8-6-9(4-5-10(8)14)12(16)15-11(7-19-3)13(17)18-2/h4-6,11H,7H2,1-3H3,(H,15,16)/t11-/m0/s1. The van der Waals surface area contributed by atoms with Crippen molar-refractivity contribution in [1.82, 2.24) is 5.32 Å². The van der Waals surface area contributed by atoms with Crippen LogP contribution in [0.25, 0.3) is 0 Å². The molecule has 1 amide bonds. The molecule has 0 spiro atoms. The van der Waals surface area contributed by atoms with Crippen LogP contribution < -0.4 is 5.32 Å². The van der Waals surface area contributed by atoms with Crippen molar-refractivity contribution in [2.24, 2.45) is 0 Å². The van der Waals surface area contributed by atoms with E-state index in [0.29, 0.717) is 11.3 Å². The molecule has 1 N–H and O–H groups in total. The maximum atomic E-state index is 12.1. The fraction of sp³-hybridized carbons (Fsp3) is 0.385. The Bertz CT molecular complexity index is 479. The van der Waals surface area contributed by atoms with Crippen molar-refractivity contribution < 1.29 is 14.3 Å². The third-order valence-electron chi connectivity index (χ3n) is 2.54. The minimum absolute atomic E-state index is 0.278. The van der Waals surface area contributed by atoms with Crippen LogP contribution in [0.1, 0.15) is 15.9 Å². The lowest BCUT2D eigenvalue weighted by Crippen LogP contribution is -2.43. The van der Waals surface area contributed by atoms with E-state index in [-0.39, 0.29) is 5.91 Å². The Balaban J connectivity index is 2.81. The number of carbonyl (C=O) groups excluding carboxylic acids is 2. The number of amides is 1. The first-order valence-electron chi connectivity index (χ1n) is 5.63. The van der Waals surface area contributed by atoms with Gasteiger partial charge in [-0.15, -0.1) is 0 Å². The molecule has 19 heavy (non-hydrogen) atoms. The van der Waals surface area contributed by atoms with Gasteiger partial charge in [-0.1, -0.05) is 15.9 Å². The molecule has 0 fully saturated rings. The van der Waals surface area contributed by atoms with Crippen molar-refractivity contribution in [3.63, 3.8) is 0 Å². The van der Waals surface area contributed by atoms with Gasteiger partial charge in [0.2, 0.25) is 0 Å². The van der Waals surface area contributed by atoms with Gasteiger partial charge >= 0.3 is 5.97 Å². The molecule has 1 aromatic carbocycles. The summed E-state index contributed by atoms with van der Waals surface area (Å²) < 4.78 is 5.61. The molecular weight excluding hydrogens is 330 g/mol. The van der Waals surface area contributed by atoms with Crippen LogP contribution in [-0.2, 0) is 9.53 Å². The number of benzene rings is 1. The van der Waals surface area contributed by atoms with Gasteiger partial charge in [-0.25, -0.2) is 4.79 Å². The predicted molar refractivity (Wildman–Crippen MR) is 80.5 cm³/mol. The van der Waals surface area contributed by atoms with Crippen molar-refractivity contribution in [2.45, 2.75) is 13.0 Å². The first kappa shape index (κ1) is 16.0. The summed E-state index contributed by atoms with van der Waals surface area (Å²) in [6.45, 7) is 1.90. The molecule has 4 nitrogen and oxygen atoms in total. The molecule has 1 rings (SSSR count). The third kappa shape index (κ3) is 4.54. The molecule has 0 radical (unpaired) electrons. The lowest BCUT2D eigenvalue weighted by Gasteiger charge is -2.15. The largest absolute Gasteiger partial charge is 0.467 e. The molecule has 0 aliphatic heterocycles. The van der Waals surface area contributed by atoms with Gasteiger partial charge in [-0.05, 0) is 36.9 Å². The third-order valence-corrected chi connectivity index (χ3v) is 4.10. The SMILES string of the molecule is COC(=O)[C@H](CSC)NC(=O)c1ccc(Br)c(C)c1. The number of nitrogens with one attached hydrogen (secondary N) is 1. The van der Waals surface area contributed by atoms with Gasteiger partial charge in [0.25, 0.3) is 5.91 Å². The van der Waals surface area contributed by atoms with Gasteiger partial charge in [0.15, 0.2) is 0 Å². The Hall–Kier alpha value is -1.01. The quantitative estimate of drug-likeness (QED) is 0.832. The van der Waals surface area contributed by atoms with Crippen LogP contribution in [0.3, 0.4) is 0 Å². The summed E-state index contributed by atoms with van der Waals surface area (Å²) in [6, 6.07) is 4.66. The Labute approximate surface area is 125 Å². The molecule has 1 aromatic rings. The molecule has 0 heterocycles. The van der Waals surface area contributed by atoms with E-state index in [0.717, 1.165) is 10.0 Å². The maximum absolute atomic E-state index is 12.1. The number of hydrogen-bond acceptors (Lipinski definition) is 4. The van der Waals surface area contributed by atoms with E-state index >= 15 is 0 Å². The molecule has 0 unspecified atom stereocenters. The van der Waals surface area contributed by atoms with E-state index in [1.165, 1.54) is 18.9 Å². The van der Waals surface area contributed by atoms with Crippen molar-refractivity contribution in [1.29, 1.82) is 0 Å². The average Bonchev–Trinajstić information content (AvgIpc) is 2.40. The summed E-state index contributed by atoms with van der Waals surface area (Å²) in [7, 11) is 1.31. The minimum atomic E-state index is -0.628. The second-order valence-corrected chi connectivity index (χ2v) is 5.73. The van der Waals surface area contributed by atoms with Gasteiger partial charge in [-0.3, -0.25) is 4.79 Å². The van der Waals surface area contributed by atoms with Crippen molar-refractivity contribution in [2.75, 3.05) is 19.1 Å². The highest BCUT2D eigenvalue weighted by molar-refractivity contribution is 9.10. The number of carbonyl (C=O) groups is 2. The lowest BCUT2D eigenvalue weighted by atomic mass is 10.1. The van der Waals surface area contributed by atoms with Gasteiger partial charge < -0.3 is 10.1 Å². The van der Waals surface area contributed by atoms with Crippen molar-refractivity contribution >= 4 is 39.6 Å². The van der Waals surface area contributed by atoms with Crippen LogP contribution in [0.4, 0.5) is 0 Å². The van der Waals surface area contributed by atoms with Crippen LogP contribution in [0.5, 0.6) is 0 Å². The minimum Gasteiger partial charge on any atom is -0.467 e. The van der Waals surface area contributed by atoms with E-state index in [4.69, 9.17) is 0 Å². The normalized spacial score (nSPS) is 11.8. The summed E-state index contributed by atoms with van der Waals surface area (Å²) in [6.07, 6.45) is 1.87. The van der Waals surface area contributed by atoms with Gasteiger partial charge in [0.05, 0.1) is 7.11 Å². The van der Waals surface area contributed by atoms with E-state index in [9.17, 15) is 9.59 Å². The Kier molecular flexibility index (Phi) is 6.37. The zero-order valence-corrected chi connectivity index (χ0v) is 13.4. The topological polar surface area (TPSA) is 55.4 Å². The Morgan fingerprint density at radius 2 is 2.16 bits per heavy atom. The van der Waals surface area contributed by atoms with Gasteiger partial charge in [0, 0.05) is 15.8 Å². The van der Waals surface area contributed by atoms with Crippen LogP contribution in [0.15, 0.2) is 22.7 Å². The van der Waals surface area contributed by atoms with E-state index in [1.807, 2.05) is 19.2 Å². The van der Waals surface area contributed by atoms with E-state index in [2.05, 4.69) is 26.0 Å². The van der Waals surface area contributed by atoms with Crippen molar-refractivity contribution in [3.8, 4) is 0 Å². The second kappa shape index (κ2) is 7.55. The molecule has 6 heteroatoms. The zero-order valence-electron chi connectivity index (χ0n) is 11.0. The molecule has 0 aromatic heterocycles. The summed E-state index contributed by atoms with van der Waals surface area (Å²) in [5.74, 6) is -0.231. The second-order valence-electron chi connectivity index (χ2n) is 3.97. The summed E-state index contributed by atoms with van der Waals surface area (Å²) >= 11 is 4.85. The van der Waals surface area contributed by atoms with Gasteiger partial charge in [-0.2, -0.15) is 11.8 Å². The fourth-order valence-corrected chi connectivity index (χ4v) is 2.30. The van der Waals surface area contributed by atoms with Crippen LogP contribution in [0.2, 0.25) is 0 Å². The molecule has 104 valence electrons. The number of thioether (sulfide) groups is 1. The molecule has 0 saturated carbocycles. The predicted octanol–water partition coefficient (Wildman–Crippen LogP) is 2.39. The fourth-order valence-electron chi connectivity index (χ4n) is 1.51. The first-order valence-corrected chi connectivity index (χ1v) is 7.82. The number of esters is 1. The maximum Gasteiger partial charge on any atom is 0.329 e. The molecule has 0 bridgehead atoms. The summed E-state index contributed by atoms with van der Waals surface area (Å²) in [4.78, 5) is 23.6. The molecule has 0 aliphatic rings. The monoisotopic (exact) mass is 345 g/mol.